The lowest BCUT2D eigenvalue weighted by molar-refractivity contribution is 0.306. The van der Waals surface area contributed by atoms with E-state index in [4.69, 9.17) is 4.74 Å². The quantitative estimate of drug-likeness (QED) is 0.908. The standard InChI is InChI=1S/C15H16BrNO/c1-17-10-12-5-7-13(8-6-12)11-18-15-4-2-3-14(16)9-15/h2-9,17H,10-11H2,1H3. The molecule has 2 aromatic carbocycles. The number of halogens is 1. The molecule has 0 saturated heterocycles. The SMILES string of the molecule is CNCc1ccc(COc2cccc(Br)c2)cc1. The van der Waals surface area contributed by atoms with Gasteiger partial charge in [-0.05, 0) is 36.4 Å². The molecule has 0 aromatic heterocycles. The van der Waals surface area contributed by atoms with Gasteiger partial charge in [-0.1, -0.05) is 46.3 Å². The van der Waals surface area contributed by atoms with Gasteiger partial charge in [-0.3, -0.25) is 0 Å². The van der Waals surface area contributed by atoms with Crippen molar-refractivity contribution in [3.8, 4) is 5.75 Å². The average Bonchev–Trinajstić information content (AvgIpc) is 2.38. The fourth-order valence-electron chi connectivity index (χ4n) is 1.68. The monoisotopic (exact) mass is 305 g/mol. The molecule has 0 heterocycles. The van der Waals surface area contributed by atoms with Crippen LogP contribution in [-0.4, -0.2) is 7.05 Å². The van der Waals surface area contributed by atoms with E-state index in [0.29, 0.717) is 6.61 Å². The Bertz CT molecular complexity index is 496. The molecule has 0 fully saturated rings. The maximum atomic E-state index is 5.73. The third-order valence-corrected chi connectivity index (χ3v) is 3.10. The van der Waals surface area contributed by atoms with Crippen molar-refractivity contribution < 1.29 is 4.74 Å². The molecule has 0 aliphatic heterocycles. The van der Waals surface area contributed by atoms with E-state index in [-0.39, 0.29) is 0 Å². The van der Waals surface area contributed by atoms with Gasteiger partial charge in [0.1, 0.15) is 12.4 Å². The van der Waals surface area contributed by atoms with Crippen molar-refractivity contribution in [3.05, 3.63) is 64.1 Å². The number of rotatable bonds is 5. The molecule has 0 spiro atoms. The zero-order valence-corrected chi connectivity index (χ0v) is 11.9. The number of ether oxygens (including phenoxy) is 1. The molecule has 0 aliphatic rings. The summed E-state index contributed by atoms with van der Waals surface area (Å²) in [5.41, 5.74) is 2.46. The highest BCUT2D eigenvalue weighted by Crippen LogP contribution is 2.19. The van der Waals surface area contributed by atoms with Crippen LogP contribution in [0.1, 0.15) is 11.1 Å². The zero-order chi connectivity index (χ0) is 12.8. The normalized spacial score (nSPS) is 10.3. The lowest BCUT2D eigenvalue weighted by atomic mass is 10.1. The van der Waals surface area contributed by atoms with Crippen molar-refractivity contribution >= 4 is 15.9 Å². The Morgan fingerprint density at radius 2 is 1.78 bits per heavy atom. The molecule has 2 rings (SSSR count). The molecule has 2 nitrogen and oxygen atoms in total. The number of nitrogens with one attached hydrogen (secondary N) is 1. The van der Waals surface area contributed by atoms with Crippen molar-refractivity contribution in [1.29, 1.82) is 0 Å². The summed E-state index contributed by atoms with van der Waals surface area (Å²) in [5, 5.41) is 3.13. The summed E-state index contributed by atoms with van der Waals surface area (Å²) in [5.74, 6) is 0.878. The first-order valence-electron chi connectivity index (χ1n) is 5.89. The lowest BCUT2D eigenvalue weighted by Gasteiger charge is -2.07. The van der Waals surface area contributed by atoms with Crippen molar-refractivity contribution in [2.45, 2.75) is 13.2 Å². The second kappa shape index (κ2) is 6.57. The Balaban J connectivity index is 1.93. The van der Waals surface area contributed by atoms with E-state index in [1.807, 2.05) is 31.3 Å². The Kier molecular flexibility index (Phi) is 4.79. The van der Waals surface area contributed by atoms with Crippen LogP contribution in [-0.2, 0) is 13.2 Å². The van der Waals surface area contributed by atoms with E-state index >= 15 is 0 Å². The van der Waals surface area contributed by atoms with Gasteiger partial charge in [-0.15, -0.1) is 0 Å². The van der Waals surface area contributed by atoms with E-state index in [1.54, 1.807) is 0 Å². The summed E-state index contributed by atoms with van der Waals surface area (Å²) < 4.78 is 6.76. The lowest BCUT2D eigenvalue weighted by Crippen LogP contribution is -2.05. The van der Waals surface area contributed by atoms with Gasteiger partial charge in [0, 0.05) is 11.0 Å². The molecule has 0 amide bonds. The van der Waals surface area contributed by atoms with Crippen LogP contribution in [0.5, 0.6) is 5.75 Å². The van der Waals surface area contributed by atoms with Crippen molar-refractivity contribution in [1.82, 2.24) is 5.32 Å². The largest absolute Gasteiger partial charge is 0.489 e. The second-order valence-corrected chi connectivity index (χ2v) is 5.01. The maximum Gasteiger partial charge on any atom is 0.120 e. The van der Waals surface area contributed by atoms with Crippen LogP contribution in [0.25, 0.3) is 0 Å². The van der Waals surface area contributed by atoms with E-state index < -0.39 is 0 Å². The van der Waals surface area contributed by atoms with Crippen molar-refractivity contribution in [2.24, 2.45) is 0 Å². The smallest absolute Gasteiger partial charge is 0.120 e. The predicted molar refractivity (Wildman–Crippen MR) is 77.7 cm³/mol. The average molecular weight is 306 g/mol. The Morgan fingerprint density at radius 1 is 1.06 bits per heavy atom. The van der Waals surface area contributed by atoms with Gasteiger partial charge in [0.15, 0.2) is 0 Å². The summed E-state index contributed by atoms with van der Waals surface area (Å²) in [7, 11) is 1.95. The highest BCUT2D eigenvalue weighted by atomic mass is 79.9. The highest BCUT2D eigenvalue weighted by molar-refractivity contribution is 9.10. The van der Waals surface area contributed by atoms with E-state index in [0.717, 1.165) is 16.8 Å². The van der Waals surface area contributed by atoms with E-state index in [2.05, 4.69) is 45.5 Å². The molecule has 0 saturated carbocycles. The Labute approximate surface area is 116 Å². The highest BCUT2D eigenvalue weighted by Gasteiger charge is 1.97. The molecular formula is C15H16BrNO. The van der Waals surface area contributed by atoms with Gasteiger partial charge >= 0.3 is 0 Å². The second-order valence-electron chi connectivity index (χ2n) is 4.09. The topological polar surface area (TPSA) is 21.3 Å². The summed E-state index contributed by atoms with van der Waals surface area (Å²) >= 11 is 3.43. The summed E-state index contributed by atoms with van der Waals surface area (Å²) in [6, 6.07) is 16.3. The van der Waals surface area contributed by atoms with Crippen LogP contribution in [0.2, 0.25) is 0 Å². The van der Waals surface area contributed by atoms with Gasteiger partial charge in [-0.2, -0.15) is 0 Å². The van der Waals surface area contributed by atoms with Crippen LogP contribution in [0.3, 0.4) is 0 Å². The van der Waals surface area contributed by atoms with Crippen molar-refractivity contribution in [3.63, 3.8) is 0 Å². The van der Waals surface area contributed by atoms with Gasteiger partial charge in [0.05, 0.1) is 0 Å². The third kappa shape index (κ3) is 3.86. The molecule has 0 atom stereocenters. The molecule has 0 bridgehead atoms. The molecule has 94 valence electrons. The fraction of sp³-hybridized carbons (Fsp3) is 0.200. The zero-order valence-electron chi connectivity index (χ0n) is 10.3. The number of benzene rings is 2. The molecule has 18 heavy (non-hydrogen) atoms. The van der Waals surface area contributed by atoms with Crippen LogP contribution in [0.15, 0.2) is 53.0 Å². The van der Waals surface area contributed by atoms with Gasteiger partial charge in [0.25, 0.3) is 0 Å². The maximum absolute atomic E-state index is 5.73. The number of hydrogen-bond donors (Lipinski definition) is 1. The van der Waals surface area contributed by atoms with Crippen LogP contribution < -0.4 is 10.1 Å². The van der Waals surface area contributed by atoms with E-state index in [9.17, 15) is 0 Å². The molecule has 1 N–H and O–H groups in total. The molecule has 3 heteroatoms. The third-order valence-electron chi connectivity index (χ3n) is 2.61. The first-order chi connectivity index (χ1) is 8.78. The first kappa shape index (κ1) is 13.1. The summed E-state index contributed by atoms with van der Waals surface area (Å²) in [6.45, 7) is 1.49. The molecule has 0 unspecified atom stereocenters. The minimum Gasteiger partial charge on any atom is -0.489 e. The molecule has 0 radical (unpaired) electrons. The number of hydrogen-bond acceptors (Lipinski definition) is 2. The summed E-state index contributed by atoms with van der Waals surface area (Å²) in [4.78, 5) is 0. The van der Waals surface area contributed by atoms with Crippen LogP contribution >= 0.6 is 15.9 Å². The molecule has 2 aromatic rings. The molecule has 0 aliphatic carbocycles. The predicted octanol–water partition coefficient (Wildman–Crippen LogP) is 3.75. The van der Waals surface area contributed by atoms with Crippen LogP contribution in [0, 0.1) is 0 Å². The Morgan fingerprint density at radius 3 is 2.44 bits per heavy atom. The van der Waals surface area contributed by atoms with E-state index in [1.165, 1.54) is 11.1 Å². The van der Waals surface area contributed by atoms with Crippen LogP contribution in [0.4, 0.5) is 0 Å². The summed E-state index contributed by atoms with van der Waals surface area (Å²) in [6.07, 6.45) is 0. The van der Waals surface area contributed by atoms with Gasteiger partial charge in [-0.25, -0.2) is 0 Å². The first-order valence-corrected chi connectivity index (χ1v) is 6.68. The minimum atomic E-state index is 0.594. The minimum absolute atomic E-state index is 0.594. The van der Waals surface area contributed by atoms with Gasteiger partial charge in [0.2, 0.25) is 0 Å². The van der Waals surface area contributed by atoms with Gasteiger partial charge < -0.3 is 10.1 Å². The molecular weight excluding hydrogens is 290 g/mol. The Hall–Kier alpha value is -1.32. The van der Waals surface area contributed by atoms with Crippen molar-refractivity contribution in [2.75, 3.05) is 7.05 Å². The fourth-order valence-corrected chi connectivity index (χ4v) is 2.06.